The summed E-state index contributed by atoms with van der Waals surface area (Å²) >= 11 is 0. The standard InChI is InChI=1S/C14H19N5O/c1-9-4-6-15-14(17-9)18-12-5-7-20-13(12)11-8-16-19(3)10(11)2/h4,6,8,12-13H,5,7H2,1-3H3,(H,15,17,18)/t12-,13+/m0/s1. The van der Waals surface area contributed by atoms with Gasteiger partial charge in [0.25, 0.3) is 0 Å². The molecule has 0 spiro atoms. The second-order valence-corrected chi connectivity index (χ2v) is 5.16. The van der Waals surface area contributed by atoms with Crippen molar-refractivity contribution in [2.45, 2.75) is 32.4 Å². The molecule has 1 saturated heterocycles. The zero-order chi connectivity index (χ0) is 14.1. The third-order valence-electron chi connectivity index (χ3n) is 3.78. The summed E-state index contributed by atoms with van der Waals surface area (Å²) in [5.41, 5.74) is 3.22. The minimum absolute atomic E-state index is 0.00723. The number of ether oxygens (including phenoxy) is 1. The third-order valence-corrected chi connectivity index (χ3v) is 3.78. The van der Waals surface area contributed by atoms with Crippen LogP contribution in [0.2, 0.25) is 0 Å². The van der Waals surface area contributed by atoms with E-state index in [1.165, 1.54) is 0 Å². The Morgan fingerprint density at radius 2 is 2.25 bits per heavy atom. The Morgan fingerprint density at radius 3 is 2.95 bits per heavy atom. The van der Waals surface area contributed by atoms with Crippen LogP contribution in [-0.2, 0) is 11.8 Å². The Kier molecular flexibility index (Phi) is 3.40. The van der Waals surface area contributed by atoms with E-state index in [9.17, 15) is 0 Å². The lowest BCUT2D eigenvalue weighted by Gasteiger charge is -2.19. The van der Waals surface area contributed by atoms with Crippen LogP contribution in [0.3, 0.4) is 0 Å². The summed E-state index contributed by atoms with van der Waals surface area (Å²) in [5.74, 6) is 0.659. The zero-order valence-corrected chi connectivity index (χ0v) is 12.0. The molecule has 6 heteroatoms. The van der Waals surface area contributed by atoms with Crippen LogP contribution in [0.4, 0.5) is 5.95 Å². The van der Waals surface area contributed by atoms with E-state index >= 15 is 0 Å². The molecular formula is C14H19N5O. The van der Waals surface area contributed by atoms with E-state index in [1.807, 2.05) is 30.9 Å². The van der Waals surface area contributed by atoms with Gasteiger partial charge in [-0.15, -0.1) is 0 Å². The van der Waals surface area contributed by atoms with Gasteiger partial charge in [0.1, 0.15) is 6.10 Å². The van der Waals surface area contributed by atoms with Gasteiger partial charge in [-0.05, 0) is 26.3 Å². The minimum atomic E-state index is 0.00723. The Hall–Kier alpha value is -1.95. The van der Waals surface area contributed by atoms with Gasteiger partial charge in [-0.25, -0.2) is 9.97 Å². The van der Waals surface area contributed by atoms with Crippen molar-refractivity contribution in [1.29, 1.82) is 0 Å². The topological polar surface area (TPSA) is 64.9 Å². The molecule has 106 valence electrons. The number of nitrogens with one attached hydrogen (secondary N) is 1. The predicted molar refractivity (Wildman–Crippen MR) is 75.4 cm³/mol. The maximum Gasteiger partial charge on any atom is 0.223 e. The Morgan fingerprint density at radius 1 is 1.40 bits per heavy atom. The van der Waals surface area contributed by atoms with Crippen molar-refractivity contribution in [3.8, 4) is 0 Å². The van der Waals surface area contributed by atoms with Crippen molar-refractivity contribution in [3.05, 3.63) is 35.4 Å². The Labute approximate surface area is 118 Å². The number of aryl methyl sites for hydroxylation is 2. The largest absolute Gasteiger partial charge is 0.371 e. The molecule has 1 N–H and O–H groups in total. The summed E-state index contributed by atoms with van der Waals surface area (Å²) < 4.78 is 7.75. The molecule has 20 heavy (non-hydrogen) atoms. The first-order valence-corrected chi connectivity index (χ1v) is 6.81. The highest BCUT2D eigenvalue weighted by atomic mass is 16.5. The summed E-state index contributed by atoms with van der Waals surface area (Å²) in [6.45, 7) is 4.76. The lowest BCUT2D eigenvalue weighted by atomic mass is 10.0. The van der Waals surface area contributed by atoms with Gasteiger partial charge in [0.15, 0.2) is 0 Å². The van der Waals surface area contributed by atoms with Crippen LogP contribution in [0.15, 0.2) is 18.5 Å². The molecule has 2 atom stereocenters. The van der Waals surface area contributed by atoms with Crippen molar-refractivity contribution >= 4 is 5.95 Å². The summed E-state index contributed by atoms with van der Waals surface area (Å²) in [6, 6.07) is 2.07. The number of rotatable bonds is 3. The molecule has 0 unspecified atom stereocenters. The van der Waals surface area contributed by atoms with E-state index in [1.54, 1.807) is 6.20 Å². The van der Waals surface area contributed by atoms with Gasteiger partial charge >= 0.3 is 0 Å². The fourth-order valence-electron chi connectivity index (χ4n) is 2.52. The number of aromatic nitrogens is 4. The predicted octanol–water partition coefficient (Wildman–Crippen LogP) is 1.77. The molecule has 0 saturated carbocycles. The fourth-order valence-corrected chi connectivity index (χ4v) is 2.52. The van der Waals surface area contributed by atoms with Crippen LogP contribution in [0.25, 0.3) is 0 Å². The van der Waals surface area contributed by atoms with Gasteiger partial charge < -0.3 is 10.1 Å². The SMILES string of the molecule is Cc1ccnc(N[C@H]2CCO[C@@H]2c2cnn(C)c2C)n1. The normalized spacial score (nSPS) is 22.1. The van der Waals surface area contributed by atoms with Crippen molar-refractivity contribution < 1.29 is 4.74 Å². The van der Waals surface area contributed by atoms with Crippen LogP contribution in [0.5, 0.6) is 0 Å². The first kappa shape index (κ1) is 13.1. The van der Waals surface area contributed by atoms with Crippen LogP contribution >= 0.6 is 0 Å². The number of anilines is 1. The molecule has 0 radical (unpaired) electrons. The number of nitrogens with zero attached hydrogens (tertiary/aromatic N) is 4. The molecule has 0 aromatic carbocycles. The summed E-state index contributed by atoms with van der Waals surface area (Å²) in [4.78, 5) is 8.65. The Balaban J connectivity index is 1.81. The molecule has 1 fully saturated rings. The molecule has 0 amide bonds. The lowest BCUT2D eigenvalue weighted by Crippen LogP contribution is -2.24. The number of hydrogen-bond donors (Lipinski definition) is 1. The van der Waals surface area contributed by atoms with Gasteiger partial charge in [0.05, 0.1) is 12.2 Å². The zero-order valence-electron chi connectivity index (χ0n) is 12.0. The van der Waals surface area contributed by atoms with Crippen LogP contribution in [0.1, 0.15) is 29.5 Å². The highest BCUT2D eigenvalue weighted by Crippen LogP contribution is 2.32. The molecule has 1 aliphatic heterocycles. The maximum absolute atomic E-state index is 5.88. The monoisotopic (exact) mass is 273 g/mol. The molecule has 0 aliphatic carbocycles. The van der Waals surface area contributed by atoms with Crippen molar-refractivity contribution in [1.82, 2.24) is 19.7 Å². The molecule has 1 aliphatic rings. The summed E-state index contributed by atoms with van der Waals surface area (Å²) in [7, 11) is 1.94. The van der Waals surface area contributed by atoms with Gasteiger partial charge in [0, 0.05) is 36.8 Å². The molecule has 0 bridgehead atoms. The van der Waals surface area contributed by atoms with E-state index in [0.717, 1.165) is 30.0 Å². The molecular weight excluding hydrogens is 254 g/mol. The van der Waals surface area contributed by atoms with Crippen LogP contribution in [-0.4, -0.2) is 32.4 Å². The molecule has 3 rings (SSSR count). The average molecular weight is 273 g/mol. The van der Waals surface area contributed by atoms with Gasteiger partial charge in [-0.2, -0.15) is 5.10 Å². The van der Waals surface area contributed by atoms with Crippen molar-refractivity contribution in [2.75, 3.05) is 11.9 Å². The maximum atomic E-state index is 5.88. The first-order chi connectivity index (χ1) is 9.65. The van der Waals surface area contributed by atoms with E-state index in [0.29, 0.717) is 5.95 Å². The molecule has 2 aromatic rings. The minimum Gasteiger partial charge on any atom is -0.371 e. The highest BCUT2D eigenvalue weighted by molar-refractivity contribution is 5.31. The van der Waals surface area contributed by atoms with Gasteiger partial charge in [-0.1, -0.05) is 0 Å². The van der Waals surface area contributed by atoms with Gasteiger partial charge in [0.2, 0.25) is 5.95 Å². The van der Waals surface area contributed by atoms with Crippen molar-refractivity contribution in [3.63, 3.8) is 0 Å². The highest BCUT2D eigenvalue weighted by Gasteiger charge is 2.32. The second kappa shape index (κ2) is 5.20. The molecule has 2 aromatic heterocycles. The molecule has 6 nitrogen and oxygen atoms in total. The van der Waals surface area contributed by atoms with Crippen LogP contribution < -0.4 is 5.32 Å². The molecule has 3 heterocycles. The lowest BCUT2D eigenvalue weighted by molar-refractivity contribution is 0.107. The second-order valence-electron chi connectivity index (χ2n) is 5.16. The first-order valence-electron chi connectivity index (χ1n) is 6.81. The average Bonchev–Trinajstić information content (AvgIpc) is 2.98. The summed E-state index contributed by atoms with van der Waals surface area (Å²) in [5, 5.41) is 7.68. The summed E-state index contributed by atoms with van der Waals surface area (Å²) in [6.07, 6.45) is 4.60. The quantitative estimate of drug-likeness (QED) is 0.923. The van der Waals surface area contributed by atoms with E-state index in [-0.39, 0.29) is 12.1 Å². The van der Waals surface area contributed by atoms with Gasteiger partial charge in [-0.3, -0.25) is 4.68 Å². The van der Waals surface area contributed by atoms with E-state index < -0.39 is 0 Å². The number of hydrogen-bond acceptors (Lipinski definition) is 5. The smallest absolute Gasteiger partial charge is 0.223 e. The van der Waals surface area contributed by atoms with E-state index in [4.69, 9.17) is 4.74 Å². The van der Waals surface area contributed by atoms with Crippen LogP contribution in [0, 0.1) is 13.8 Å². The fraction of sp³-hybridized carbons (Fsp3) is 0.500. The third kappa shape index (κ3) is 2.38. The Bertz CT molecular complexity index is 609. The van der Waals surface area contributed by atoms with E-state index in [2.05, 4.69) is 27.3 Å². The van der Waals surface area contributed by atoms with Crippen molar-refractivity contribution in [2.24, 2.45) is 7.05 Å².